The fraction of sp³-hybridized carbons (Fsp3) is 0.241. The normalized spacial score (nSPS) is 10.8. The summed E-state index contributed by atoms with van der Waals surface area (Å²) in [5.41, 5.74) is 3.19. The number of methoxy groups -OCH3 is 1. The number of hydrogen-bond donors (Lipinski definition) is 1. The van der Waals surface area contributed by atoms with Crippen LogP contribution >= 0.6 is 0 Å². The molecule has 4 aromatic rings. The van der Waals surface area contributed by atoms with Crippen molar-refractivity contribution in [2.75, 3.05) is 24.4 Å². The number of aromatic nitrogens is 2. The molecule has 0 radical (unpaired) electrons. The van der Waals surface area contributed by atoms with E-state index in [1.165, 1.54) is 0 Å². The largest absolute Gasteiger partial charge is 0.497 e. The predicted octanol–water partition coefficient (Wildman–Crippen LogP) is 5.64. The molecule has 36 heavy (non-hydrogen) atoms. The topological polar surface area (TPSA) is 84.4 Å². The molecular formula is C29H30N4O3. The van der Waals surface area contributed by atoms with Crippen LogP contribution in [0, 0.1) is 0 Å². The van der Waals surface area contributed by atoms with E-state index in [2.05, 4.69) is 15.3 Å². The van der Waals surface area contributed by atoms with Gasteiger partial charge in [-0.15, -0.1) is 0 Å². The highest BCUT2D eigenvalue weighted by Crippen LogP contribution is 2.33. The molecule has 0 bridgehead atoms. The number of nitrogens with one attached hydrogen (secondary N) is 1. The number of aryl methyl sites for hydroxylation is 1. The Bertz CT molecular complexity index is 1370. The van der Waals surface area contributed by atoms with Gasteiger partial charge in [-0.3, -0.25) is 9.59 Å². The molecule has 0 spiro atoms. The summed E-state index contributed by atoms with van der Waals surface area (Å²) < 4.78 is 5.40. The van der Waals surface area contributed by atoms with E-state index in [9.17, 15) is 9.59 Å². The zero-order chi connectivity index (χ0) is 25.5. The average molecular weight is 483 g/mol. The summed E-state index contributed by atoms with van der Waals surface area (Å²) in [5.74, 6) is 1.29. The number of nitrogens with zero attached hydrogens (tertiary/aromatic N) is 3. The van der Waals surface area contributed by atoms with E-state index in [4.69, 9.17) is 4.74 Å². The third-order valence-corrected chi connectivity index (χ3v) is 6.07. The van der Waals surface area contributed by atoms with Crippen molar-refractivity contribution >= 4 is 34.0 Å². The van der Waals surface area contributed by atoms with Gasteiger partial charge in [-0.2, -0.15) is 0 Å². The van der Waals surface area contributed by atoms with Crippen molar-refractivity contribution in [2.24, 2.45) is 0 Å². The molecule has 1 heterocycles. The monoisotopic (exact) mass is 482 g/mol. The van der Waals surface area contributed by atoms with Crippen LogP contribution in [0.1, 0.15) is 32.0 Å². The van der Waals surface area contributed by atoms with Gasteiger partial charge in [0.15, 0.2) is 0 Å². The highest BCUT2D eigenvalue weighted by Gasteiger charge is 2.14. The Morgan fingerprint density at radius 1 is 1.00 bits per heavy atom. The van der Waals surface area contributed by atoms with Gasteiger partial charge in [-0.05, 0) is 54.3 Å². The van der Waals surface area contributed by atoms with Crippen LogP contribution in [0.3, 0.4) is 0 Å². The quantitative estimate of drug-likeness (QED) is 0.334. The number of amides is 2. The summed E-state index contributed by atoms with van der Waals surface area (Å²) in [4.78, 5) is 36.0. The van der Waals surface area contributed by atoms with Crippen LogP contribution in [-0.2, 0) is 16.0 Å². The first-order valence-corrected chi connectivity index (χ1v) is 12.0. The lowest BCUT2D eigenvalue weighted by atomic mass is 10.0. The highest BCUT2D eigenvalue weighted by atomic mass is 16.5. The lowest BCUT2D eigenvalue weighted by Crippen LogP contribution is -2.26. The van der Waals surface area contributed by atoms with E-state index in [0.29, 0.717) is 17.9 Å². The van der Waals surface area contributed by atoms with Crippen molar-refractivity contribution in [1.82, 2.24) is 9.97 Å². The molecule has 2 amide bonds. The smallest absolute Gasteiger partial charge is 0.226 e. The van der Waals surface area contributed by atoms with Gasteiger partial charge in [-0.25, -0.2) is 9.97 Å². The summed E-state index contributed by atoms with van der Waals surface area (Å²) in [6.07, 6.45) is 3.46. The van der Waals surface area contributed by atoms with Crippen LogP contribution in [0.25, 0.3) is 22.0 Å². The molecule has 0 aliphatic carbocycles. The van der Waals surface area contributed by atoms with Gasteiger partial charge in [0.05, 0.1) is 12.8 Å². The Kier molecular flexibility index (Phi) is 7.90. The van der Waals surface area contributed by atoms with Gasteiger partial charge in [0.25, 0.3) is 0 Å². The lowest BCUT2D eigenvalue weighted by Gasteiger charge is -2.17. The van der Waals surface area contributed by atoms with Crippen LogP contribution in [0.15, 0.2) is 72.9 Å². The Labute approximate surface area is 211 Å². The van der Waals surface area contributed by atoms with Gasteiger partial charge in [0, 0.05) is 54.8 Å². The second-order valence-electron chi connectivity index (χ2n) is 8.51. The zero-order valence-corrected chi connectivity index (χ0v) is 20.8. The minimum Gasteiger partial charge on any atom is -0.497 e. The van der Waals surface area contributed by atoms with Crippen LogP contribution in [-0.4, -0.2) is 35.9 Å². The highest BCUT2D eigenvalue weighted by molar-refractivity contribution is 6.04. The van der Waals surface area contributed by atoms with Gasteiger partial charge in [-0.1, -0.05) is 31.2 Å². The third kappa shape index (κ3) is 5.86. The van der Waals surface area contributed by atoms with E-state index in [1.54, 1.807) is 25.3 Å². The molecule has 3 aromatic carbocycles. The molecule has 0 saturated heterocycles. The van der Waals surface area contributed by atoms with Crippen LogP contribution < -0.4 is 15.0 Å². The molecule has 7 heteroatoms. The SMILES string of the molecule is CCc1nccc(-c2cc(NC(=O)CCCC(=O)N(C)c3ccccc3)c3cc(OC)ccc3c2)n1. The molecule has 0 unspecified atom stereocenters. The fourth-order valence-corrected chi connectivity index (χ4v) is 4.02. The van der Waals surface area contributed by atoms with Crippen molar-refractivity contribution in [3.05, 3.63) is 78.8 Å². The number of ether oxygens (including phenoxy) is 1. The molecule has 0 aliphatic rings. The lowest BCUT2D eigenvalue weighted by molar-refractivity contribution is -0.118. The Morgan fingerprint density at radius 2 is 1.81 bits per heavy atom. The van der Waals surface area contributed by atoms with Crippen molar-refractivity contribution in [3.63, 3.8) is 0 Å². The number of fused-ring (bicyclic) bond motifs is 1. The Morgan fingerprint density at radius 3 is 2.56 bits per heavy atom. The summed E-state index contributed by atoms with van der Waals surface area (Å²) in [5, 5.41) is 4.88. The number of para-hydroxylation sites is 1. The molecule has 1 aromatic heterocycles. The molecule has 0 fully saturated rings. The van der Waals surface area contributed by atoms with E-state index in [0.717, 1.165) is 40.0 Å². The minimum atomic E-state index is -0.150. The van der Waals surface area contributed by atoms with E-state index in [1.807, 2.05) is 73.7 Å². The second kappa shape index (κ2) is 11.4. The van der Waals surface area contributed by atoms with Gasteiger partial charge in [0.1, 0.15) is 11.6 Å². The molecule has 0 saturated carbocycles. The molecular weight excluding hydrogens is 452 g/mol. The maximum Gasteiger partial charge on any atom is 0.226 e. The number of hydrogen-bond acceptors (Lipinski definition) is 5. The summed E-state index contributed by atoms with van der Waals surface area (Å²) in [6.45, 7) is 2.01. The number of carbonyl (C=O) groups excluding carboxylic acids is 2. The van der Waals surface area contributed by atoms with Crippen molar-refractivity contribution in [3.8, 4) is 17.0 Å². The van der Waals surface area contributed by atoms with Gasteiger partial charge < -0.3 is 15.0 Å². The number of rotatable bonds is 9. The van der Waals surface area contributed by atoms with E-state index < -0.39 is 0 Å². The molecule has 184 valence electrons. The number of carbonyl (C=O) groups is 2. The summed E-state index contributed by atoms with van der Waals surface area (Å²) >= 11 is 0. The first kappa shape index (κ1) is 24.9. The molecule has 0 aliphatic heterocycles. The van der Waals surface area contributed by atoms with Gasteiger partial charge >= 0.3 is 0 Å². The molecule has 7 nitrogen and oxygen atoms in total. The second-order valence-corrected chi connectivity index (χ2v) is 8.51. The minimum absolute atomic E-state index is 0.0262. The van der Waals surface area contributed by atoms with Crippen LogP contribution in [0.2, 0.25) is 0 Å². The standard InChI is InChI=1S/C29H30N4O3/c1-4-27-30-16-15-25(31-27)21-17-20-13-14-23(36-3)19-24(20)26(18-21)32-28(34)11-8-12-29(35)33(2)22-9-6-5-7-10-22/h5-7,9-10,13-19H,4,8,11-12H2,1-3H3,(H,32,34). The number of benzene rings is 3. The zero-order valence-electron chi connectivity index (χ0n) is 20.8. The van der Waals surface area contributed by atoms with E-state index >= 15 is 0 Å². The van der Waals surface area contributed by atoms with E-state index in [-0.39, 0.29) is 24.7 Å². The van der Waals surface area contributed by atoms with Crippen molar-refractivity contribution in [2.45, 2.75) is 32.6 Å². The first-order valence-electron chi connectivity index (χ1n) is 12.0. The van der Waals surface area contributed by atoms with Gasteiger partial charge in [0.2, 0.25) is 11.8 Å². The van der Waals surface area contributed by atoms with Crippen LogP contribution in [0.4, 0.5) is 11.4 Å². The van der Waals surface area contributed by atoms with Crippen LogP contribution in [0.5, 0.6) is 5.75 Å². The number of anilines is 2. The summed E-state index contributed by atoms with van der Waals surface area (Å²) in [7, 11) is 3.37. The third-order valence-electron chi connectivity index (χ3n) is 6.07. The molecule has 4 rings (SSSR count). The average Bonchev–Trinajstić information content (AvgIpc) is 2.92. The molecule has 1 N–H and O–H groups in total. The Hall–Kier alpha value is -4.26. The first-order chi connectivity index (χ1) is 17.5. The maximum absolute atomic E-state index is 12.9. The fourth-order valence-electron chi connectivity index (χ4n) is 4.02. The maximum atomic E-state index is 12.9. The molecule has 0 atom stereocenters. The predicted molar refractivity (Wildman–Crippen MR) is 143 cm³/mol. The summed E-state index contributed by atoms with van der Waals surface area (Å²) in [6, 6.07) is 21.1. The Balaban J connectivity index is 1.51. The van der Waals surface area contributed by atoms with Crippen molar-refractivity contribution in [1.29, 1.82) is 0 Å². The van der Waals surface area contributed by atoms with Crippen molar-refractivity contribution < 1.29 is 14.3 Å².